The maximum absolute atomic E-state index is 14.1. The minimum atomic E-state index is -0.339. The molecule has 0 aliphatic heterocycles. The number of H-pyrrole nitrogens is 1. The van der Waals surface area contributed by atoms with Crippen molar-refractivity contribution in [2.45, 2.75) is 0 Å². The minimum absolute atomic E-state index is 0.339. The van der Waals surface area contributed by atoms with E-state index in [4.69, 9.17) is 0 Å². The largest absolute Gasteiger partial charge is 0.360 e. The van der Waals surface area contributed by atoms with Crippen LogP contribution in [0.3, 0.4) is 0 Å². The molecule has 0 atom stereocenters. The Kier molecular flexibility index (Phi) is 2.77. The highest BCUT2D eigenvalue weighted by Gasteiger charge is 2.18. The number of hydrogen-bond donors (Lipinski definition) is 1. The van der Waals surface area contributed by atoms with Gasteiger partial charge in [-0.25, -0.2) is 4.39 Å². The van der Waals surface area contributed by atoms with Crippen LogP contribution in [0.15, 0.2) is 54.7 Å². The fraction of sp³-hybridized carbons (Fsp3) is 0. The summed E-state index contributed by atoms with van der Waals surface area (Å²) in [6.07, 6.45) is 1.93. The Labute approximate surface area is 139 Å². The molecule has 5 nitrogen and oxygen atoms in total. The molecular weight excluding hydrogens is 325 g/mol. The van der Waals surface area contributed by atoms with Crippen molar-refractivity contribution in [2.75, 3.05) is 0 Å². The summed E-state index contributed by atoms with van der Waals surface area (Å²) in [5, 5.41) is 14.7. The Balaban J connectivity index is 1.72. The Morgan fingerprint density at radius 1 is 0.958 bits per heavy atom. The number of fused-ring (bicyclic) bond motifs is 2. The molecule has 0 fully saturated rings. The lowest BCUT2D eigenvalue weighted by atomic mass is 10.2. The van der Waals surface area contributed by atoms with E-state index in [-0.39, 0.29) is 5.82 Å². The van der Waals surface area contributed by atoms with Gasteiger partial charge in [-0.3, -0.25) is 0 Å². The predicted molar refractivity (Wildman–Crippen MR) is 91.3 cm³/mol. The van der Waals surface area contributed by atoms with Crippen LogP contribution in [-0.2, 0) is 0 Å². The average molecular weight is 335 g/mol. The van der Waals surface area contributed by atoms with E-state index in [9.17, 15) is 4.39 Å². The molecule has 116 valence electrons. The standard InChI is InChI=1S/C17H10FN5S/c18-13-7-3-1-6-11(13)15-20-21-17-23(15)22-16(24-17)12-9-19-14-8-4-2-5-10(12)14/h1-9,19H. The molecule has 7 heteroatoms. The fourth-order valence-corrected chi connectivity index (χ4v) is 3.65. The van der Waals surface area contributed by atoms with Gasteiger partial charge >= 0.3 is 0 Å². The van der Waals surface area contributed by atoms with Crippen molar-refractivity contribution in [3.8, 4) is 22.0 Å². The van der Waals surface area contributed by atoms with Gasteiger partial charge in [-0.2, -0.15) is 9.61 Å². The van der Waals surface area contributed by atoms with E-state index >= 15 is 0 Å². The summed E-state index contributed by atoms with van der Waals surface area (Å²) < 4.78 is 15.7. The van der Waals surface area contributed by atoms with E-state index in [1.54, 1.807) is 22.7 Å². The van der Waals surface area contributed by atoms with Gasteiger partial charge in [0.05, 0.1) is 5.56 Å². The lowest BCUT2D eigenvalue weighted by Crippen LogP contribution is -1.93. The second kappa shape index (κ2) is 4.97. The molecule has 0 aliphatic rings. The van der Waals surface area contributed by atoms with E-state index in [1.165, 1.54) is 17.4 Å². The van der Waals surface area contributed by atoms with Gasteiger partial charge in [0.25, 0.3) is 0 Å². The van der Waals surface area contributed by atoms with Crippen molar-refractivity contribution in [3.63, 3.8) is 0 Å². The van der Waals surface area contributed by atoms with Crippen LogP contribution in [0.25, 0.3) is 37.8 Å². The number of aromatic nitrogens is 5. The number of halogens is 1. The molecule has 5 rings (SSSR count). The number of para-hydroxylation sites is 1. The summed E-state index contributed by atoms with van der Waals surface area (Å²) in [6.45, 7) is 0. The molecule has 0 amide bonds. The van der Waals surface area contributed by atoms with Crippen LogP contribution in [0.2, 0.25) is 0 Å². The summed E-state index contributed by atoms with van der Waals surface area (Å²) >= 11 is 1.43. The van der Waals surface area contributed by atoms with Gasteiger partial charge in [-0.1, -0.05) is 41.7 Å². The molecular formula is C17H10FN5S. The zero-order valence-electron chi connectivity index (χ0n) is 12.3. The molecule has 0 bridgehead atoms. The van der Waals surface area contributed by atoms with Gasteiger partial charge in [0, 0.05) is 22.7 Å². The molecule has 0 radical (unpaired) electrons. The lowest BCUT2D eigenvalue weighted by Gasteiger charge is -1.98. The second-order valence-electron chi connectivity index (χ2n) is 5.35. The molecule has 1 N–H and O–H groups in total. The van der Waals surface area contributed by atoms with Crippen LogP contribution in [0.5, 0.6) is 0 Å². The van der Waals surface area contributed by atoms with E-state index in [2.05, 4.69) is 20.3 Å². The Bertz CT molecular complexity index is 1190. The molecule has 0 saturated carbocycles. The average Bonchev–Trinajstić information content (AvgIpc) is 3.28. The zero-order chi connectivity index (χ0) is 16.1. The van der Waals surface area contributed by atoms with Crippen LogP contribution in [0, 0.1) is 5.82 Å². The molecule has 5 aromatic rings. The van der Waals surface area contributed by atoms with Gasteiger partial charge in [-0.15, -0.1) is 10.2 Å². The number of nitrogens with zero attached hydrogens (tertiary/aromatic N) is 4. The van der Waals surface area contributed by atoms with Crippen LogP contribution in [-0.4, -0.2) is 24.8 Å². The minimum Gasteiger partial charge on any atom is -0.360 e. The van der Waals surface area contributed by atoms with Gasteiger partial charge < -0.3 is 4.98 Å². The van der Waals surface area contributed by atoms with Gasteiger partial charge in [-0.05, 0) is 18.2 Å². The highest BCUT2D eigenvalue weighted by Crippen LogP contribution is 2.33. The quantitative estimate of drug-likeness (QED) is 0.527. The van der Waals surface area contributed by atoms with Crippen molar-refractivity contribution >= 4 is 27.2 Å². The van der Waals surface area contributed by atoms with E-state index in [1.807, 2.05) is 30.5 Å². The summed E-state index contributed by atoms with van der Waals surface area (Å²) in [7, 11) is 0. The molecule has 3 aromatic heterocycles. The van der Waals surface area contributed by atoms with E-state index < -0.39 is 0 Å². The monoisotopic (exact) mass is 335 g/mol. The lowest BCUT2D eigenvalue weighted by molar-refractivity contribution is 0.629. The summed E-state index contributed by atoms with van der Waals surface area (Å²) in [6, 6.07) is 14.5. The van der Waals surface area contributed by atoms with Crippen LogP contribution in [0.4, 0.5) is 4.39 Å². The second-order valence-corrected chi connectivity index (χ2v) is 6.31. The smallest absolute Gasteiger partial charge is 0.235 e. The first kappa shape index (κ1) is 13.4. The Morgan fingerprint density at radius 3 is 2.71 bits per heavy atom. The number of nitrogens with one attached hydrogen (secondary N) is 1. The van der Waals surface area contributed by atoms with Gasteiger partial charge in [0.1, 0.15) is 10.8 Å². The van der Waals surface area contributed by atoms with Crippen molar-refractivity contribution in [1.29, 1.82) is 0 Å². The first-order valence-electron chi connectivity index (χ1n) is 7.35. The SMILES string of the molecule is Fc1ccccc1-c1nnc2sc(-c3c[nH]c4ccccc34)nn12. The van der Waals surface area contributed by atoms with Crippen LogP contribution < -0.4 is 0 Å². The third kappa shape index (κ3) is 1.88. The third-order valence-electron chi connectivity index (χ3n) is 3.93. The van der Waals surface area contributed by atoms with Crippen LogP contribution >= 0.6 is 11.3 Å². The van der Waals surface area contributed by atoms with E-state index in [0.717, 1.165) is 21.5 Å². The Hall–Kier alpha value is -3.06. The van der Waals surface area contributed by atoms with E-state index in [0.29, 0.717) is 16.3 Å². The zero-order valence-corrected chi connectivity index (χ0v) is 13.1. The van der Waals surface area contributed by atoms with Crippen molar-refractivity contribution < 1.29 is 4.39 Å². The summed E-state index contributed by atoms with van der Waals surface area (Å²) in [5.41, 5.74) is 2.44. The number of rotatable bonds is 2. The van der Waals surface area contributed by atoms with Crippen molar-refractivity contribution in [2.24, 2.45) is 0 Å². The summed E-state index contributed by atoms with van der Waals surface area (Å²) in [4.78, 5) is 3.87. The summed E-state index contributed by atoms with van der Waals surface area (Å²) in [5.74, 6) is 0.0684. The first-order chi connectivity index (χ1) is 11.8. The number of benzene rings is 2. The fourth-order valence-electron chi connectivity index (χ4n) is 2.78. The Morgan fingerprint density at radius 2 is 1.79 bits per heavy atom. The topological polar surface area (TPSA) is 58.9 Å². The van der Waals surface area contributed by atoms with Crippen molar-refractivity contribution in [1.82, 2.24) is 24.8 Å². The molecule has 2 aromatic carbocycles. The maximum atomic E-state index is 14.1. The van der Waals surface area contributed by atoms with Crippen LogP contribution in [0.1, 0.15) is 0 Å². The molecule has 0 aliphatic carbocycles. The first-order valence-corrected chi connectivity index (χ1v) is 8.16. The highest BCUT2D eigenvalue weighted by atomic mass is 32.1. The number of aromatic amines is 1. The molecule has 0 unspecified atom stereocenters. The number of hydrogen-bond acceptors (Lipinski definition) is 4. The molecule has 24 heavy (non-hydrogen) atoms. The molecule has 0 saturated heterocycles. The third-order valence-corrected chi connectivity index (χ3v) is 4.86. The molecule has 3 heterocycles. The maximum Gasteiger partial charge on any atom is 0.235 e. The molecule has 0 spiro atoms. The highest BCUT2D eigenvalue weighted by molar-refractivity contribution is 7.20. The van der Waals surface area contributed by atoms with Crippen molar-refractivity contribution in [3.05, 3.63) is 60.5 Å². The predicted octanol–water partition coefficient (Wildman–Crippen LogP) is 4.14. The van der Waals surface area contributed by atoms with Gasteiger partial charge in [0.2, 0.25) is 4.96 Å². The normalized spacial score (nSPS) is 11.5. The van der Waals surface area contributed by atoms with Gasteiger partial charge in [0.15, 0.2) is 5.82 Å².